The number of carbonyl (C=O) groups is 2. The molecule has 1 fully saturated rings. The molecule has 0 aromatic rings. The highest BCUT2D eigenvalue weighted by molar-refractivity contribution is 5.82. The van der Waals surface area contributed by atoms with E-state index in [0.717, 1.165) is 0 Å². The van der Waals surface area contributed by atoms with Crippen molar-refractivity contribution >= 4 is 12.0 Å². The number of carboxylic acid groups (broad SMARTS) is 1. The molecule has 3 atom stereocenters. The fraction of sp³-hybridized carbons (Fsp3) is 0.750. The van der Waals surface area contributed by atoms with Gasteiger partial charge in [-0.1, -0.05) is 0 Å². The number of carboxylic acids is 1. The molecule has 0 aliphatic carbocycles. The summed E-state index contributed by atoms with van der Waals surface area (Å²) in [5.74, 6) is -1.12. The smallest absolute Gasteiger partial charge is 0.325 e. The van der Waals surface area contributed by atoms with Crippen LogP contribution in [0.3, 0.4) is 0 Å². The Morgan fingerprint density at radius 1 is 1.47 bits per heavy atom. The highest BCUT2D eigenvalue weighted by atomic mass is 16.5. The predicted molar refractivity (Wildman–Crippen MR) is 49.4 cm³/mol. The van der Waals surface area contributed by atoms with E-state index in [2.05, 4.69) is 10.6 Å². The van der Waals surface area contributed by atoms with Crippen LogP contribution in [-0.2, 0) is 9.53 Å². The number of amides is 2. The number of aliphatic hydroxyl groups excluding tert-OH is 1. The minimum absolute atomic E-state index is 0.180. The summed E-state index contributed by atoms with van der Waals surface area (Å²) in [4.78, 5) is 21.6. The van der Waals surface area contributed by atoms with Gasteiger partial charge in [0.15, 0.2) is 0 Å². The molecular weight excluding hydrogens is 204 g/mol. The van der Waals surface area contributed by atoms with Gasteiger partial charge in [0.25, 0.3) is 0 Å². The summed E-state index contributed by atoms with van der Waals surface area (Å²) in [5, 5.41) is 22.5. The van der Waals surface area contributed by atoms with Crippen LogP contribution < -0.4 is 10.6 Å². The zero-order chi connectivity index (χ0) is 11.4. The van der Waals surface area contributed by atoms with Gasteiger partial charge in [-0.05, 0) is 6.92 Å². The molecule has 7 nitrogen and oxygen atoms in total. The zero-order valence-electron chi connectivity index (χ0n) is 8.27. The lowest BCUT2D eigenvalue weighted by Crippen LogP contribution is -2.51. The first-order valence-corrected chi connectivity index (χ1v) is 4.56. The Morgan fingerprint density at radius 2 is 2.13 bits per heavy atom. The van der Waals surface area contributed by atoms with Crippen LogP contribution in [0.15, 0.2) is 0 Å². The van der Waals surface area contributed by atoms with Crippen LogP contribution in [0, 0.1) is 0 Å². The second-order valence-corrected chi connectivity index (χ2v) is 3.39. The average Bonchev–Trinajstić information content (AvgIpc) is 2.51. The summed E-state index contributed by atoms with van der Waals surface area (Å²) in [7, 11) is 0. The quantitative estimate of drug-likeness (QED) is 0.462. The number of nitrogens with one attached hydrogen (secondary N) is 2. The molecule has 0 bridgehead atoms. The normalized spacial score (nSPS) is 27.1. The molecule has 15 heavy (non-hydrogen) atoms. The lowest BCUT2D eigenvalue weighted by Gasteiger charge is -2.16. The summed E-state index contributed by atoms with van der Waals surface area (Å²) < 4.78 is 4.91. The molecule has 0 aromatic carbocycles. The molecule has 4 N–H and O–H groups in total. The number of rotatable bonds is 3. The molecule has 1 rings (SSSR count). The van der Waals surface area contributed by atoms with Gasteiger partial charge < -0.3 is 25.6 Å². The molecule has 1 aliphatic heterocycles. The number of urea groups is 1. The van der Waals surface area contributed by atoms with Crippen molar-refractivity contribution in [2.24, 2.45) is 0 Å². The third-order valence-corrected chi connectivity index (χ3v) is 2.09. The monoisotopic (exact) mass is 218 g/mol. The van der Waals surface area contributed by atoms with E-state index in [1.807, 2.05) is 0 Å². The summed E-state index contributed by atoms with van der Waals surface area (Å²) in [5.41, 5.74) is 0. The van der Waals surface area contributed by atoms with Crippen LogP contribution in [0.2, 0.25) is 0 Å². The van der Waals surface area contributed by atoms with Crippen molar-refractivity contribution in [2.45, 2.75) is 25.1 Å². The Morgan fingerprint density at radius 3 is 2.60 bits per heavy atom. The standard InChI is InChI=1S/C8H14N2O5/c1-4(7(12)13)9-8(14)10-5-2-15-3-6(5)11/h4-6,11H,2-3H2,1H3,(H,12,13)(H2,9,10,14)/t4-,5+,6+/m0/s1. The van der Waals surface area contributed by atoms with E-state index in [9.17, 15) is 14.7 Å². The molecule has 2 amide bonds. The Hall–Kier alpha value is -1.34. The van der Waals surface area contributed by atoms with Crippen LogP contribution in [0.5, 0.6) is 0 Å². The first-order chi connectivity index (χ1) is 7.00. The average molecular weight is 218 g/mol. The Bertz CT molecular complexity index is 257. The molecular formula is C8H14N2O5. The van der Waals surface area contributed by atoms with E-state index in [1.165, 1.54) is 6.92 Å². The summed E-state index contributed by atoms with van der Waals surface area (Å²) >= 11 is 0. The maximum Gasteiger partial charge on any atom is 0.325 e. The van der Waals surface area contributed by atoms with Crippen molar-refractivity contribution in [2.75, 3.05) is 13.2 Å². The maximum atomic E-state index is 11.2. The molecule has 0 spiro atoms. The summed E-state index contributed by atoms with van der Waals surface area (Å²) in [6, 6.07) is -2.07. The van der Waals surface area contributed by atoms with Gasteiger partial charge in [0.05, 0.1) is 25.4 Å². The summed E-state index contributed by atoms with van der Waals surface area (Å²) in [6.07, 6.45) is -0.740. The van der Waals surface area contributed by atoms with Crippen LogP contribution >= 0.6 is 0 Å². The first kappa shape index (κ1) is 11.7. The second kappa shape index (κ2) is 4.94. The van der Waals surface area contributed by atoms with Crippen LogP contribution in [-0.4, -0.2) is 53.6 Å². The molecule has 1 aliphatic rings. The molecule has 1 saturated heterocycles. The molecule has 1 heterocycles. The van der Waals surface area contributed by atoms with E-state index in [-0.39, 0.29) is 13.2 Å². The lowest BCUT2D eigenvalue weighted by molar-refractivity contribution is -0.138. The van der Waals surface area contributed by atoms with Crippen molar-refractivity contribution in [3.63, 3.8) is 0 Å². The number of aliphatic carboxylic acids is 1. The minimum atomic E-state index is -1.12. The highest BCUT2D eigenvalue weighted by Crippen LogP contribution is 2.04. The molecule has 0 radical (unpaired) electrons. The minimum Gasteiger partial charge on any atom is -0.480 e. The van der Waals surface area contributed by atoms with E-state index in [4.69, 9.17) is 9.84 Å². The van der Waals surface area contributed by atoms with Gasteiger partial charge in [-0.2, -0.15) is 0 Å². The van der Waals surface area contributed by atoms with Gasteiger partial charge in [-0.15, -0.1) is 0 Å². The van der Waals surface area contributed by atoms with E-state index in [0.29, 0.717) is 0 Å². The third kappa shape index (κ3) is 3.37. The number of ether oxygens (including phenoxy) is 1. The predicted octanol–water partition coefficient (Wildman–Crippen LogP) is -1.48. The number of aliphatic hydroxyl groups is 1. The third-order valence-electron chi connectivity index (χ3n) is 2.09. The first-order valence-electron chi connectivity index (χ1n) is 4.56. The van der Waals surface area contributed by atoms with Gasteiger partial charge in [0, 0.05) is 0 Å². The largest absolute Gasteiger partial charge is 0.480 e. The fourth-order valence-corrected chi connectivity index (χ4v) is 1.15. The lowest BCUT2D eigenvalue weighted by atomic mass is 10.2. The van der Waals surface area contributed by atoms with Crippen LogP contribution in [0.4, 0.5) is 4.79 Å². The van der Waals surface area contributed by atoms with Crippen molar-refractivity contribution in [3.8, 4) is 0 Å². The topological polar surface area (TPSA) is 108 Å². The number of hydrogen-bond acceptors (Lipinski definition) is 4. The van der Waals surface area contributed by atoms with Crippen LogP contribution in [0.1, 0.15) is 6.92 Å². The van der Waals surface area contributed by atoms with E-state index >= 15 is 0 Å². The van der Waals surface area contributed by atoms with E-state index < -0.39 is 30.2 Å². The van der Waals surface area contributed by atoms with Gasteiger partial charge in [0.2, 0.25) is 0 Å². The van der Waals surface area contributed by atoms with E-state index in [1.54, 1.807) is 0 Å². The van der Waals surface area contributed by atoms with Crippen molar-refractivity contribution in [3.05, 3.63) is 0 Å². The second-order valence-electron chi connectivity index (χ2n) is 3.39. The van der Waals surface area contributed by atoms with Gasteiger partial charge in [-0.3, -0.25) is 4.79 Å². The number of carbonyl (C=O) groups excluding carboxylic acids is 1. The molecule has 0 saturated carbocycles. The molecule has 7 heteroatoms. The van der Waals surface area contributed by atoms with Gasteiger partial charge in [-0.25, -0.2) is 4.79 Å². The van der Waals surface area contributed by atoms with Crippen molar-refractivity contribution < 1.29 is 24.5 Å². The van der Waals surface area contributed by atoms with Crippen molar-refractivity contribution in [1.82, 2.24) is 10.6 Å². The number of hydrogen-bond donors (Lipinski definition) is 4. The van der Waals surface area contributed by atoms with Crippen LogP contribution in [0.25, 0.3) is 0 Å². The fourth-order valence-electron chi connectivity index (χ4n) is 1.15. The molecule has 0 aromatic heterocycles. The Balaban J connectivity index is 2.32. The molecule has 0 unspecified atom stereocenters. The SMILES string of the molecule is C[C@H](NC(=O)N[C@@H]1COC[C@H]1O)C(=O)O. The van der Waals surface area contributed by atoms with Gasteiger partial charge >= 0.3 is 12.0 Å². The maximum absolute atomic E-state index is 11.2. The Kier molecular flexibility index (Phi) is 3.87. The van der Waals surface area contributed by atoms with Gasteiger partial charge in [0.1, 0.15) is 6.04 Å². The summed E-state index contributed by atoms with van der Waals surface area (Å²) in [6.45, 7) is 1.76. The highest BCUT2D eigenvalue weighted by Gasteiger charge is 2.28. The van der Waals surface area contributed by atoms with Crippen molar-refractivity contribution in [1.29, 1.82) is 0 Å². The Labute approximate surface area is 86.4 Å². The zero-order valence-corrected chi connectivity index (χ0v) is 8.27. The molecule has 86 valence electrons.